The molecule has 0 aliphatic carbocycles. The van der Waals surface area contributed by atoms with Gasteiger partial charge < -0.3 is 15.2 Å². The number of carbonyl (C=O) groups excluding carboxylic acids is 1. The molecule has 0 bridgehead atoms. The van der Waals surface area contributed by atoms with E-state index in [1.165, 1.54) is 11.1 Å². The van der Waals surface area contributed by atoms with Crippen LogP contribution >= 0.6 is 0 Å². The highest BCUT2D eigenvalue weighted by Gasteiger charge is 2.14. The number of amides is 1. The number of fused-ring (bicyclic) bond motifs is 2. The third-order valence-electron chi connectivity index (χ3n) is 4.99. The normalized spacial score (nSPS) is 12.9. The Kier molecular flexibility index (Phi) is 3.87. The van der Waals surface area contributed by atoms with Gasteiger partial charge in [-0.25, -0.2) is 15.0 Å². The number of nitrogens with one attached hydrogen (secondary N) is 2. The summed E-state index contributed by atoms with van der Waals surface area (Å²) in [4.78, 5) is 25.8. The van der Waals surface area contributed by atoms with Gasteiger partial charge in [0, 0.05) is 43.4 Å². The van der Waals surface area contributed by atoms with Crippen LogP contribution in [0.1, 0.15) is 21.5 Å². The zero-order valence-corrected chi connectivity index (χ0v) is 15.3. The molecule has 0 saturated heterocycles. The van der Waals surface area contributed by atoms with Gasteiger partial charge >= 0.3 is 0 Å². The number of aryl methyl sites for hydroxylation is 1. The van der Waals surface area contributed by atoms with Crippen molar-refractivity contribution in [2.45, 2.75) is 13.1 Å². The molecule has 0 unspecified atom stereocenters. The van der Waals surface area contributed by atoms with Gasteiger partial charge in [-0.15, -0.1) is 0 Å². The molecular weight excluding hydrogens is 352 g/mol. The van der Waals surface area contributed by atoms with Gasteiger partial charge in [0.2, 0.25) is 0 Å². The molecule has 4 aromatic rings. The maximum Gasteiger partial charge on any atom is 0.256 e. The van der Waals surface area contributed by atoms with E-state index < -0.39 is 0 Å². The first-order valence-electron chi connectivity index (χ1n) is 9.05. The molecule has 1 aliphatic rings. The highest BCUT2D eigenvalue weighted by atomic mass is 16.1. The van der Waals surface area contributed by atoms with Crippen LogP contribution in [-0.4, -0.2) is 25.4 Å². The molecule has 0 fully saturated rings. The van der Waals surface area contributed by atoms with Crippen LogP contribution in [0.2, 0.25) is 0 Å². The summed E-state index contributed by atoms with van der Waals surface area (Å²) in [5.74, 6) is 0.301. The van der Waals surface area contributed by atoms with Crippen LogP contribution in [-0.2, 0) is 20.1 Å². The average Bonchev–Trinajstić information content (AvgIpc) is 3.35. The minimum Gasteiger partial charge on any atom is -0.332 e. The Morgan fingerprint density at radius 3 is 2.86 bits per heavy atom. The van der Waals surface area contributed by atoms with Crippen molar-refractivity contribution in [1.82, 2.24) is 24.8 Å². The number of anilines is 1. The lowest BCUT2D eigenvalue weighted by Gasteiger charge is -2.08. The zero-order chi connectivity index (χ0) is 19.1. The lowest BCUT2D eigenvalue weighted by molar-refractivity contribution is 0.102. The van der Waals surface area contributed by atoms with Crippen LogP contribution in [0.5, 0.6) is 0 Å². The Bertz CT molecular complexity index is 1210. The second kappa shape index (κ2) is 6.54. The smallest absolute Gasteiger partial charge is 0.256 e. The SMILES string of the molecule is Cn1cncc1-c1ccc2cnc(NC(=O)c3ccc4c(c3)CNC4)cc2n1. The third-order valence-corrected chi connectivity index (χ3v) is 4.99. The molecular formula is C21H18N6O. The van der Waals surface area contributed by atoms with E-state index >= 15 is 0 Å². The number of imidazole rings is 1. The van der Waals surface area contributed by atoms with E-state index in [0.717, 1.165) is 35.4 Å². The fraction of sp³-hybridized carbons (Fsp3) is 0.143. The quantitative estimate of drug-likeness (QED) is 0.579. The summed E-state index contributed by atoms with van der Waals surface area (Å²) in [5, 5.41) is 7.07. The summed E-state index contributed by atoms with van der Waals surface area (Å²) in [5.41, 5.74) is 5.55. The molecule has 0 spiro atoms. The maximum absolute atomic E-state index is 12.6. The van der Waals surface area contributed by atoms with Crippen LogP contribution in [0.15, 0.2) is 55.1 Å². The average molecular weight is 370 g/mol. The molecule has 0 atom stereocenters. The second-order valence-electron chi connectivity index (χ2n) is 6.89. The standard InChI is InChI=1S/C21H18N6O/c1-27-12-23-11-19(27)17-5-4-15-10-24-20(7-18(15)25-17)26-21(28)13-2-3-14-8-22-9-16(14)6-13/h2-7,10-12,22H,8-9H2,1H3,(H,24,26,28). The van der Waals surface area contributed by atoms with Crippen molar-refractivity contribution in [3.8, 4) is 11.4 Å². The summed E-state index contributed by atoms with van der Waals surface area (Å²) in [7, 11) is 1.93. The number of hydrogen-bond acceptors (Lipinski definition) is 5. The molecule has 138 valence electrons. The largest absolute Gasteiger partial charge is 0.332 e. The fourth-order valence-corrected chi connectivity index (χ4v) is 3.46. The van der Waals surface area contributed by atoms with Gasteiger partial charge in [0.15, 0.2) is 0 Å². The van der Waals surface area contributed by atoms with Gasteiger partial charge in [0.1, 0.15) is 5.82 Å². The molecule has 1 amide bonds. The van der Waals surface area contributed by atoms with Crippen molar-refractivity contribution in [3.63, 3.8) is 0 Å². The van der Waals surface area contributed by atoms with E-state index in [2.05, 4.69) is 20.6 Å². The molecule has 7 heteroatoms. The first-order chi connectivity index (χ1) is 13.7. The summed E-state index contributed by atoms with van der Waals surface area (Å²) in [6.45, 7) is 1.65. The van der Waals surface area contributed by atoms with Crippen LogP contribution in [0.3, 0.4) is 0 Å². The minimum atomic E-state index is -0.177. The molecule has 7 nitrogen and oxygen atoms in total. The number of benzene rings is 1. The number of aromatic nitrogens is 4. The Hall–Kier alpha value is -3.58. The molecule has 0 saturated carbocycles. The van der Waals surface area contributed by atoms with Crippen molar-refractivity contribution >= 4 is 22.6 Å². The van der Waals surface area contributed by atoms with Gasteiger partial charge in [-0.05, 0) is 35.4 Å². The molecule has 4 heterocycles. The topological polar surface area (TPSA) is 84.7 Å². The summed E-state index contributed by atoms with van der Waals surface area (Å²) < 4.78 is 1.92. The Balaban J connectivity index is 1.44. The highest BCUT2D eigenvalue weighted by molar-refractivity contribution is 6.04. The minimum absolute atomic E-state index is 0.177. The number of hydrogen-bond donors (Lipinski definition) is 2. The van der Waals surface area contributed by atoms with Crippen molar-refractivity contribution in [3.05, 3.63) is 71.8 Å². The van der Waals surface area contributed by atoms with Crippen LogP contribution < -0.4 is 10.6 Å². The predicted octanol–water partition coefficient (Wildman–Crippen LogP) is 2.89. The van der Waals surface area contributed by atoms with E-state index in [1.54, 1.807) is 24.8 Å². The molecule has 0 radical (unpaired) electrons. The zero-order valence-electron chi connectivity index (χ0n) is 15.3. The Labute approximate surface area is 161 Å². The Morgan fingerprint density at radius 1 is 1.11 bits per heavy atom. The highest BCUT2D eigenvalue weighted by Crippen LogP contribution is 2.22. The van der Waals surface area contributed by atoms with E-state index in [4.69, 9.17) is 4.98 Å². The molecule has 1 aromatic carbocycles. The monoisotopic (exact) mass is 370 g/mol. The number of pyridine rings is 2. The van der Waals surface area contributed by atoms with E-state index in [9.17, 15) is 4.79 Å². The number of rotatable bonds is 3. The first kappa shape index (κ1) is 16.6. The Morgan fingerprint density at radius 2 is 2.00 bits per heavy atom. The molecule has 3 aromatic heterocycles. The molecule has 5 rings (SSSR count). The molecule has 2 N–H and O–H groups in total. The lowest BCUT2D eigenvalue weighted by Crippen LogP contribution is -2.13. The van der Waals surface area contributed by atoms with Gasteiger partial charge in [-0.3, -0.25) is 4.79 Å². The first-order valence-corrected chi connectivity index (χ1v) is 9.05. The molecule has 1 aliphatic heterocycles. The van der Waals surface area contributed by atoms with Crippen LogP contribution in [0, 0.1) is 0 Å². The predicted molar refractivity (Wildman–Crippen MR) is 107 cm³/mol. The lowest BCUT2D eigenvalue weighted by atomic mass is 10.1. The van der Waals surface area contributed by atoms with Crippen molar-refractivity contribution in [2.75, 3.05) is 5.32 Å². The molecule has 28 heavy (non-hydrogen) atoms. The maximum atomic E-state index is 12.6. The number of carbonyl (C=O) groups is 1. The van der Waals surface area contributed by atoms with Gasteiger partial charge in [-0.1, -0.05) is 6.07 Å². The summed E-state index contributed by atoms with van der Waals surface area (Å²) >= 11 is 0. The van der Waals surface area contributed by atoms with Gasteiger partial charge in [0.25, 0.3) is 5.91 Å². The third kappa shape index (κ3) is 2.91. The van der Waals surface area contributed by atoms with Crippen LogP contribution in [0.4, 0.5) is 5.82 Å². The summed E-state index contributed by atoms with van der Waals surface area (Å²) in [6.07, 6.45) is 5.24. The van der Waals surface area contributed by atoms with Gasteiger partial charge in [-0.2, -0.15) is 0 Å². The number of nitrogens with zero attached hydrogens (tertiary/aromatic N) is 4. The van der Waals surface area contributed by atoms with Crippen LogP contribution in [0.25, 0.3) is 22.3 Å². The van der Waals surface area contributed by atoms with Crippen molar-refractivity contribution in [1.29, 1.82) is 0 Å². The van der Waals surface area contributed by atoms with Crippen molar-refractivity contribution < 1.29 is 4.79 Å². The van der Waals surface area contributed by atoms with E-state index in [1.807, 2.05) is 41.9 Å². The second-order valence-corrected chi connectivity index (χ2v) is 6.89. The van der Waals surface area contributed by atoms with Crippen molar-refractivity contribution in [2.24, 2.45) is 7.05 Å². The summed E-state index contributed by atoms with van der Waals surface area (Å²) in [6, 6.07) is 11.5. The van der Waals surface area contributed by atoms with E-state index in [-0.39, 0.29) is 5.91 Å². The van der Waals surface area contributed by atoms with Gasteiger partial charge in [0.05, 0.1) is 29.4 Å². The van der Waals surface area contributed by atoms with E-state index in [0.29, 0.717) is 11.4 Å². The fourth-order valence-electron chi connectivity index (χ4n) is 3.46.